The number of hydrazine groups is 1. The van der Waals surface area contributed by atoms with E-state index in [1.54, 1.807) is 24.3 Å². The van der Waals surface area contributed by atoms with Crippen LogP contribution in [0.5, 0.6) is 5.75 Å². The number of carbonyl (C=O) groups is 2. The van der Waals surface area contributed by atoms with Gasteiger partial charge in [-0.3, -0.25) is 25.8 Å². The minimum Gasteiger partial charge on any atom is -0.483 e. The molecule has 29 heavy (non-hydrogen) atoms. The zero-order valence-corrected chi connectivity index (χ0v) is 20.1. The van der Waals surface area contributed by atoms with Gasteiger partial charge >= 0.3 is 0 Å². The second-order valence-electron chi connectivity index (χ2n) is 7.15. The van der Waals surface area contributed by atoms with Crippen LogP contribution < -0.4 is 20.9 Å². The molecule has 0 saturated heterocycles. The summed E-state index contributed by atoms with van der Waals surface area (Å²) in [6.45, 7) is 6.08. The second kappa shape index (κ2) is 10.2. The lowest BCUT2D eigenvalue weighted by atomic mass is 9.87. The number of halogens is 2. The summed E-state index contributed by atoms with van der Waals surface area (Å²) in [4.78, 5) is 24.1. The first kappa shape index (κ1) is 23.3. The average Bonchev–Trinajstić information content (AvgIpc) is 2.65. The van der Waals surface area contributed by atoms with Crippen molar-refractivity contribution in [2.75, 3.05) is 6.61 Å². The molecule has 0 heterocycles. The molecule has 0 unspecified atom stereocenters. The normalized spacial score (nSPS) is 10.8. The van der Waals surface area contributed by atoms with E-state index >= 15 is 0 Å². The zero-order chi connectivity index (χ0) is 21.6. The molecule has 3 N–H and O–H groups in total. The van der Waals surface area contributed by atoms with Crippen LogP contribution in [0.2, 0.25) is 0 Å². The largest absolute Gasteiger partial charge is 0.483 e. The van der Waals surface area contributed by atoms with Crippen molar-refractivity contribution in [1.82, 2.24) is 16.2 Å². The predicted octanol–water partition coefficient (Wildman–Crippen LogP) is 4.22. The quantitative estimate of drug-likeness (QED) is 0.398. The first-order valence-electron chi connectivity index (χ1n) is 8.65. The predicted molar refractivity (Wildman–Crippen MR) is 124 cm³/mol. The molecular formula is C20H21Br2N3O3S. The van der Waals surface area contributed by atoms with Crippen LogP contribution in [0.3, 0.4) is 0 Å². The minimum atomic E-state index is -0.453. The molecule has 6 nitrogen and oxygen atoms in total. The Labute approximate surface area is 192 Å². The van der Waals surface area contributed by atoms with Crippen molar-refractivity contribution >= 4 is 61.0 Å². The van der Waals surface area contributed by atoms with Crippen LogP contribution in [-0.2, 0) is 10.2 Å². The lowest BCUT2D eigenvalue weighted by molar-refractivity contribution is -0.123. The number of carbonyl (C=O) groups excluding carboxylic acids is 2. The van der Waals surface area contributed by atoms with Crippen LogP contribution in [0.15, 0.2) is 51.4 Å². The van der Waals surface area contributed by atoms with Gasteiger partial charge in [0.05, 0.1) is 4.47 Å². The third-order valence-electron chi connectivity index (χ3n) is 3.81. The van der Waals surface area contributed by atoms with Gasteiger partial charge in [0.2, 0.25) is 0 Å². The van der Waals surface area contributed by atoms with Gasteiger partial charge in [-0.25, -0.2) is 0 Å². The van der Waals surface area contributed by atoms with Crippen LogP contribution in [0.25, 0.3) is 0 Å². The minimum absolute atomic E-state index is 0.00402. The molecule has 0 saturated carbocycles. The molecule has 0 aromatic heterocycles. The SMILES string of the molecule is CC(C)(C)c1ccc(C(=O)NC(=S)NNC(=O)COc2ccc(Br)cc2Br)cc1. The Morgan fingerprint density at radius 3 is 2.28 bits per heavy atom. The second-order valence-corrected chi connectivity index (χ2v) is 9.33. The molecule has 2 rings (SSSR count). The lowest BCUT2D eigenvalue weighted by Gasteiger charge is -2.19. The van der Waals surface area contributed by atoms with Gasteiger partial charge in [0, 0.05) is 10.0 Å². The molecule has 0 spiro atoms. The number of rotatable bonds is 4. The number of ether oxygens (including phenoxy) is 1. The van der Waals surface area contributed by atoms with E-state index in [0.29, 0.717) is 15.8 Å². The fourth-order valence-electron chi connectivity index (χ4n) is 2.23. The van der Waals surface area contributed by atoms with Crippen molar-refractivity contribution in [2.45, 2.75) is 26.2 Å². The molecule has 0 fully saturated rings. The molecular weight excluding hydrogens is 522 g/mol. The smallest absolute Gasteiger partial charge is 0.276 e. The molecule has 2 aromatic rings. The van der Waals surface area contributed by atoms with Crippen molar-refractivity contribution in [1.29, 1.82) is 0 Å². The van der Waals surface area contributed by atoms with Crippen LogP contribution in [0.1, 0.15) is 36.7 Å². The molecule has 9 heteroatoms. The summed E-state index contributed by atoms with van der Waals surface area (Å²) < 4.78 is 7.03. The summed E-state index contributed by atoms with van der Waals surface area (Å²) in [5, 5.41) is 2.49. The summed E-state index contributed by atoms with van der Waals surface area (Å²) in [5.41, 5.74) is 6.45. The zero-order valence-electron chi connectivity index (χ0n) is 16.1. The summed E-state index contributed by atoms with van der Waals surface area (Å²) in [7, 11) is 0. The molecule has 0 aliphatic rings. The van der Waals surface area contributed by atoms with E-state index in [2.05, 4.69) is 68.8 Å². The van der Waals surface area contributed by atoms with Crippen molar-refractivity contribution in [2.24, 2.45) is 0 Å². The summed E-state index contributed by atoms with van der Waals surface area (Å²) in [6, 6.07) is 12.6. The third kappa shape index (κ3) is 7.41. The van der Waals surface area contributed by atoms with Gasteiger partial charge in [-0.1, -0.05) is 48.8 Å². The molecule has 2 aromatic carbocycles. The lowest BCUT2D eigenvalue weighted by Crippen LogP contribution is -2.49. The first-order chi connectivity index (χ1) is 13.6. The Morgan fingerprint density at radius 1 is 1.03 bits per heavy atom. The highest BCUT2D eigenvalue weighted by Gasteiger charge is 2.15. The Balaban J connectivity index is 1.78. The van der Waals surface area contributed by atoms with E-state index < -0.39 is 5.91 Å². The van der Waals surface area contributed by atoms with Crippen molar-refractivity contribution < 1.29 is 14.3 Å². The Morgan fingerprint density at radius 2 is 1.69 bits per heavy atom. The topological polar surface area (TPSA) is 79.5 Å². The molecule has 2 amide bonds. The number of amides is 2. The number of hydrogen-bond acceptors (Lipinski definition) is 4. The summed E-state index contributed by atoms with van der Waals surface area (Å²) in [5.74, 6) is -0.295. The highest BCUT2D eigenvalue weighted by molar-refractivity contribution is 9.11. The van der Waals surface area contributed by atoms with Crippen molar-refractivity contribution in [3.05, 3.63) is 62.5 Å². The van der Waals surface area contributed by atoms with Gasteiger partial charge in [-0.2, -0.15) is 0 Å². The number of benzene rings is 2. The van der Waals surface area contributed by atoms with Gasteiger partial charge in [0.1, 0.15) is 5.75 Å². The van der Waals surface area contributed by atoms with Crippen LogP contribution in [0, 0.1) is 0 Å². The van der Waals surface area contributed by atoms with Crippen LogP contribution in [0.4, 0.5) is 0 Å². The maximum Gasteiger partial charge on any atom is 0.276 e. The van der Waals surface area contributed by atoms with E-state index in [1.807, 2.05) is 18.2 Å². The highest BCUT2D eigenvalue weighted by Crippen LogP contribution is 2.28. The van der Waals surface area contributed by atoms with E-state index in [9.17, 15) is 9.59 Å². The molecule has 0 aliphatic heterocycles. The van der Waals surface area contributed by atoms with Gasteiger partial charge in [-0.15, -0.1) is 0 Å². The number of thiocarbonyl (C=S) groups is 1. The molecule has 0 bridgehead atoms. The average molecular weight is 543 g/mol. The Hall–Kier alpha value is -1.97. The van der Waals surface area contributed by atoms with Gasteiger partial charge < -0.3 is 4.74 Å². The highest BCUT2D eigenvalue weighted by atomic mass is 79.9. The van der Waals surface area contributed by atoms with Crippen LogP contribution >= 0.6 is 44.1 Å². The maximum absolute atomic E-state index is 12.3. The fourth-order valence-corrected chi connectivity index (χ4v) is 3.53. The van der Waals surface area contributed by atoms with E-state index in [4.69, 9.17) is 17.0 Å². The van der Waals surface area contributed by atoms with E-state index in [-0.39, 0.29) is 23.0 Å². The number of hydrogen-bond donors (Lipinski definition) is 3. The molecule has 0 radical (unpaired) electrons. The standard InChI is InChI=1S/C20H21Br2N3O3S/c1-20(2,3)13-6-4-12(5-7-13)18(27)23-19(29)25-24-17(26)11-28-16-9-8-14(21)10-15(16)22/h4-10H,11H2,1-3H3,(H,24,26)(H2,23,25,27,29). The third-order valence-corrected chi connectivity index (χ3v) is 5.13. The van der Waals surface area contributed by atoms with Gasteiger partial charge in [-0.05, 0) is 69.5 Å². The van der Waals surface area contributed by atoms with Gasteiger partial charge in [0.25, 0.3) is 11.8 Å². The monoisotopic (exact) mass is 541 g/mol. The van der Waals surface area contributed by atoms with Gasteiger partial charge in [0.15, 0.2) is 11.7 Å². The Bertz CT molecular complexity index is 912. The molecule has 0 atom stereocenters. The maximum atomic E-state index is 12.3. The van der Waals surface area contributed by atoms with Crippen LogP contribution in [-0.4, -0.2) is 23.5 Å². The summed E-state index contributed by atoms with van der Waals surface area (Å²) in [6.07, 6.45) is 0. The number of nitrogens with one attached hydrogen (secondary N) is 3. The van der Waals surface area contributed by atoms with E-state index in [0.717, 1.165) is 10.0 Å². The van der Waals surface area contributed by atoms with E-state index in [1.165, 1.54) is 0 Å². The van der Waals surface area contributed by atoms with Crippen molar-refractivity contribution in [3.63, 3.8) is 0 Å². The fraction of sp³-hybridized carbons (Fsp3) is 0.250. The molecule has 0 aliphatic carbocycles. The first-order valence-corrected chi connectivity index (χ1v) is 10.6. The Kier molecular flexibility index (Phi) is 8.18. The molecule has 154 valence electrons. The summed E-state index contributed by atoms with van der Waals surface area (Å²) >= 11 is 11.7. The van der Waals surface area contributed by atoms with Crippen molar-refractivity contribution in [3.8, 4) is 5.75 Å².